The van der Waals surface area contributed by atoms with Crippen LogP contribution in [0.1, 0.15) is 0 Å². The van der Waals surface area contributed by atoms with Gasteiger partial charge in [-0.05, 0) is 0 Å². The van der Waals surface area contributed by atoms with E-state index in [-0.39, 0.29) is 35.7 Å². The van der Waals surface area contributed by atoms with E-state index in [4.69, 9.17) is 22.9 Å². The van der Waals surface area contributed by atoms with Gasteiger partial charge in [-0.2, -0.15) is 29.9 Å². The van der Waals surface area contributed by atoms with Crippen LogP contribution in [0, 0.1) is 0 Å². The minimum Gasteiger partial charge on any atom is -0.368 e. The SMILES string of the molecule is Nc1nc(N)nc(NNc2nc(N)nc(N)n2)n1. The highest BCUT2D eigenvalue weighted by Crippen LogP contribution is 2.06. The van der Waals surface area contributed by atoms with Crippen LogP contribution in [-0.2, 0) is 0 Å². The van der Waals surface area contributed by atoms with E-state index in [1.54, 1.807) is 0 Å². The van der Waals surface area contributed by atoms with Crippen LogP contribution in [0.25, 0.3) is 0 Å². The van der Waals surface area contributed by atoms with E-state index in [1.165, 1.54) is 0 Å². The second-order valence-corrected chi connectivity index (χ2v) is 3.00. The molecule has 0 bridgehead atoms. The molecule has 2 aromatic rings. The van der Waals surface area contributed by atoms with Crippen LogP contribution in [0.5, 0.6) is 0 Å². The molecule has 0 fully saturated rings. The molecule has 0 unspecified atom stereocenters. The molecule has 0 aliphatic carbocycles. The van der Waals surface area contributed by atoms with Crippen LogP contribution in [0.4, 0.5) is 35.7 Å². The average molecular weight is 250 g/mol. The van der Waals surface area contributed by atoms with Crippen LogP contribution in [-0.4, -0.2) is 29.9 Å². The summed E-state index contributed by atoms with van der Waals surface area (Å²) in [5, 5.41) is 0. The van der Waals surface area contributed by atoms with Gasteiger partial charge in [0.25, 0.3) is 0 Å². The number of hydrazine groups is 1. The minimum atomic E-state index is -0.0264. The summed E-state index contributed by atoms with van der Waals surface area (Å²) in [6.07, 6.45) is 0. The fourth-order valence-corrected chi connectivity index (χ4v) is 1.04. The maximum Gasteiger partial charge on any atom is 0.248 e. The molecular formula is C6H10N12. The molecule has 2 heterocycles. The standard InChI is InChI=1S/C6H10N12/c7-1-11-2(8)14-5(13-1)17-18-6-15-3(9)12-4(10)16-6/h(H5,7,8,11,13,14,17)(H5,9,10,12,15,16,18). The molecule has 12 heteroatoms. The second kappa shape index (κ2) is 4.36. The number of nitrogens with one attached hydrogen (secondary N) is 2. The van der Waals surface area contributed by atoms with Crippen molar-refractivity contribution in [2.45, 2.75) is 0 Å². The summed E-state index contributed by atoms with van der Waals surface area (Å²) < 4.78 is 0. The van der Waals surface area contributed by atoms with Crippen molar-refractivity contribution >= 4 is 35.7 Å². The van der Waals surface area contributed by atoms with Gasteiger partial charge in [0, 0.05) is 0 Å². The zero-order chi connectivity index (χ0) is 13.1. The fourth-order valence-electron chi connectivity index (χ4n) is 1.04. The molecule has 94 valence electrons. The van der Waals surface area contributed by atoms with Crippen LogP contribution in [0.15, 0.2) is 0 Å². The maximum atomic E-state index is 5.39. The van der Waals surface area contributed by atoms with Gasteiger partial charge in [0.2, 0.25) is 35.7 Å². The molecular weight excluding hydrogens is 240 g/mol. The quantitative estimate of drug-likeness (QED) is 0.321. The van der Waals surface area contributed by atoms with Crippen LogP contribution >= 0.6 is 0 Å². The molecule has 18 heavy (non-hydrogen) atoms. The molecule has 0 saturated heterocycles. The van der Waals surface area contributed by atoms with Gasteiger partial charge in [-0.15, -0.1) is 0 Å². The minimum absolute atomic E-state index is 0.0264. The Kier molecular flexibility index (Phi) is 2.74. The number of aromatic nitrogens is 6. The largest absolute Gasteiger partial charge is 0.368 e. The van der Waals surface area contributed by atoms with E-state index in [2.05, 4.69) is 40.8 Å². The van der Waals surface area contributed by atoms with Gasteiger partial charge in [0.1, 0.15) is 0 Å². The van der Waals surface area contributed by atoms with Gasteiger partial charge in [-0.3, -0.25) is 10.9 Å². The lowest BCUT2D eigenvalue weighted by Crippen LogP contribution is -2.17. The van der Waals surface area contributed by atoms with Gasteiger partial charge in [-0.1, -0.05) is 0 Å². The van der Waals surface area contributed by atoms with Crippen molar-refractivity contribution in [2.24, 2.45) is 0 Å². The van der Waals surface area contributed by atoms with Crippen LogP contribution in [0.2, 0.25) is 0 Å². The summed E-state index contributed by atoms with van der Waals surface area (Å²) in [6.45, 7) is 0. The highest BCUT2D eigenvalue weighted by atomic mass is 15.5. The topological polar surface area (TPSA) is 205 Å². The monoisotopic (exact) mass is 250 g/mol. The molecule has 0 aliphatic rings. The van der Waals surface area contributed by atoms with Crippen molar-refractivity contribution < 1.29 is 0 Å². The molecule has 0 amide bonds. The van der Waals surface area contributed by atoms with Crippen LogP contribution < -0.4 is 33.8 Å². The normalized spacial score (nSPS) is 10.0. The molecule has 0 atom stereocenters. The number of anilines is 6. The summed E-state index contributed by atoms with van der Waals surface area (Å²) >= 11 is 0. The lowest BCUT2D eigenvalue weighted by molar-refractivity contribution is 1.04. The molecule has 0 aliphatic heterocycles. The van der Waals surface area contributed by atoms with Crippen molar-refractivity contribution in [3.05, 3.63) is 0 Å². The van der Waals surface area contributed by atoms with E-state index in [0.717, 1.165) is 0 Å². The molecule has 0 spiro atoms. The van der Waals surface area contributed by atoms with Gasteiger partial charge in [-0.25, -0.2) is 0 Å². The highest BCUT2D eigenvalue weighted by molar-refractivity contribution is 5.44. The number of hydrogen-bond donors (Lipinski definition) is 6. The van der Waals surface area contributed by atoms with Crippen molar-refractivity contribution in [2.75, 3.05) is 33.8 Å². The molecule has 0 aromatic carbocycles. The lowest BCUT2D eigenvalue weighted by Gasteiger charge is -2.07. The maximum absolute atomic E-state index is 5.39. The molecule has 10 N–H and O–H groups in total. The first kappa shape index (κ1) is 11.3. The third-order valence-corrected chi connectivity index (χ3v) is 1.63. The van der Waals surface area contributed by atoms with E-state index in [9.17, 15) is 0 Å². The molecule has 2 rings (SSSR count). The van der Waals surface area contributed by atoms with Gasteiger partial charge in [0.15, 0.2) is 0 Å². The van der Waals surface area contributed by atoms with Gasteiger partial charge >= 0.3 is 0 Å². The Morgan fingerprint density at radius 3 is 1.06 bits per heavy atom. The summed E-state index contributed by atoms with van der Waals surface area (Å²) in [4.78, 5) is 22.3. The predicted octanol–water partition coefficient (Wildman–Crippen LogP) is -2.18. The summed E-state index contributed by atoms with van der Waals surface area (Å²) in [7, 11) is 0. The number of nitrogen functional groups attached to an aromatic ring is 4. The van der Waals surface area contributed by atoms with E-state index in [1.807, 2.05) is 0 Å². The van der Waals surface area contributed by atoms with E-state index in [0.29, 0.717) is 0 Å². The first-order valence-electron chi connectivity index (χ1n) is 4.59. The fraction of sp³-hybridized carbons (Fsp3) is 0. The zero-order valence-corrected chi connectivity index (χ0v) is 8.99. The van der Waals surface area contributed by atoms with Crippen molar-refractivity contribution in [1.29, 1.82) is 0 Å². The lowest BCUT2D eigenvalue weighted by atomic mass is 10.8. The van der Waals surface area contributed by atoms with Crippen molar-refractivity contribution in [1.82, 2.24) is 29.9 Å². The number of hydrogen-bond acceptors (Lipinski definition) is 12. The molecule has 0 radical (unpaired) electrons. The number of rotatable bonds is 3. The van der Waals surface area contributed by atoms with E-state index >= 15 is 0 Å². The third kappa shape index (κ3) is 2.69. The Morgan fingerprint density at radius 2 is 0.778 bits per heavy atom. The first-order chi connectivity index (χ1) is 8.52. The molecule has 0 saturated carbocycles. The Bertz CT molecular complexity index is 474. The third-order valence-electron chi connectivity index (χ3n) is 1.63. The Labute approximate surface area is 100 Å². The van der Waals surface area contributed by atoms with E-state index < -0.39 is 0 Å². The van der Waals surface area contributed by atoms with Crippen molar-refractivity contribution in [3.63, 3.8) is 0 Å². The Balaban J connectivity index is 2.11. The van der Waals surface area contributed by atoms with Gasteiger partial charge < -0.3 is 22.9 Å². The smallest absolute Gasteiger partial charge is 0.248 e. The predicted molar refractivity (Wildman–Crippen MR) is 64.5 cm³/mol. The second-order valence-electron chi connectivity index (χ2n) is 3.00. The summed E-state index contributed by atoms with van der Waals surface area (Å²) in [5.74, 6) is 0.0843. The first-order valence-corrected chi connectivity index (χ1v) is 4.59. The van der Waals surface area contributed by atoms with Gasteiger partial charge in [0.05, 0.1) is 0 Å². The molecule has 2 aromatic heterocycles. The number of nitrogens with zero attached hydrogens (tertiary/aromatic N) is 6. The average Bonchev–Trinajstić information content (AvgIpc) is 2.23. The number of nitrogens with two attached hydrogens (primary N) is 4. The Hall–Kier alpha value is -3.18. The Morgan fingerprint density at radius 1 is 0.500 bits per heavy atom. The zero-order valence-electron chi connectivity index (χ0n) is 8.99. The van der Waals surface area contributed by atoms with Crippen molar-refractivity contribution in [3.8, 4) is 0 Å². The summed E-state index contributed by atoms with van der Waals surface area (Å²) in [5.41, 5.74) is 26.7. The van der Waals surface area contributed by atoms with Crippen LogP contribution in [0.3, 0.4) is 0 Å². The highest BCUT2D eigenvalue weighted by Gasteiger charge is 2.04. The molecule has 12 nitrogen and oxygen atoms in total. The summed E-state index contributed by atoms with van der Waals surface area (Å²) in [6, 6.07) is 0.